The molecule has 0 bridgehead atoms. The van der Waals surface area contributed by atoms with Gasteiger partial charge in [0, 0.05) is 5.56 Å². The Morgan fingerprint density at radius 2 is 1.94 bits per heavy atom. The van der Waals surface area contributed by atoms with Crippen LogP contribution in [0.25, 0.3) is 17.1 Å². The molecule has 0 aliphatic rings. The van der Waals surface area contributed by atoms with Gasteiger partial charge in [-0.15, -0.1) is 0 Å². The molecule has 2 heterocycles. The van der Waals surface area contributed by atoms with Crippen LogP contribution >= 0.6 is 0 Å². The highest BCUT2D eigenvalue weighted by atomic mass is 19.4. The van der Waals surface area contributed by atoms with E-state index >= 15 is 0 Å². The Morgan fingerprint density at radius 1 is 1.15 bits per heavy atom. The van der Waals surface area contributed by atoms with E-state index in [9.17, 15) is 18.0 Å². The quantitative estimate of drug-likeness (QED) is 0.390. The molecule has 0 atom stereocenters. The molecule has 33 heavy (non-hydrogen) atoms. The molecule has 0 aliphatic heterocycles. The number of aryl methyl sites for hydroxylation is 1. The Labute approximate surface area is 185 Å². The third-order valence-electron chi connectivity index (χ3n) is 4.71. The van der Waals surface area contributed by atoms with Crippen molar-refractivity contribution in [2.24, 2.45) is 0 Å². The number of hydrogen-bond donors (Lipinski definition) is 0. The second-order valence-corrected chi connectivity index (χ2v) is 6.94. The van der Waals surface area contributed by atoms with Crippen LogP contribution in [0.15, 0.2) is 59.3 Å². The third kappa shape index (κ3) is 4.71. The summed E-state index contributed by atoms with van der Waals surface area (Å²) >= 11 is 0. The highest BCUT2D eigenvalue weighted by Crippen LogP contribution is 2.31. The highest BCUT2D eigenvalue weighted by Gasteiger charge is 2.31. The van der Waals surface area contributed by atoms with Crippen LogP contribution in [0.5, 0.6) is 5.75 Å². The lowest BCUT2D eigenvalue weighted by molar-refractivity contribution is -0.137. The number of alkyl halides is 3. The molecule has 4 rings (SSSR count). The summed E-state index contributed by atoms with van der Waals surface area (Å²) in [6, 6.07) is 12.0. The van der Waals surface area contributed by atoms with Crippen molar-refractivity contribution in [3.8, 4) is 22.8 Å². The lowest BCUT2D eigenvalue weighted by Crippen LogP contribution is -2.09. The minimum Gasteiger partial charge on any atom is -0.493 e. The van der Waals surface area contributed by atoms with Gasteiger partial charge in [0.15, 0.2) is 12.4 Å². The second-order valence-electron chi connectivity index (χ2n) is 6.94. The van der Waals surface area contributed by atoms with E-state index in [2.05, 4.69) is 15.2 Å². The number of rotatable bonds is 6. The van der Waals surface area contributed by atoms with Gasteiger partial charge < -0.3 is 14.0 Å². The normalized spacial score (nSPS) is 11.4. The van der Waals surface area contributed by atoms with Crippen LogP contribution in [0.3, 0.4) is 0 Å². The lowest BCUT2D eigenvalue weighted by Gasteiger charge is -2.08. The van der Waals surface area contributed by atoms with Gasteiger partial charge in [0.2, 0.25) is 11.5 Å². The summed E-state index contributed by atoms with van der Waals surface area (Å²) in [5, 5.41) is 7.92. The predicted molar refractivity (Wildman–Crippen MR) is 109 cm³/mol. The summed E-state index contributed by atoms with van der Waals surface area (Å²) in [5.41, 5.74) is 0.766. The topological polar surface area (TPSA) is 92.3 Å². The number of carbonyl (C=O) groups excluding carboxylic acids is 1. The molecule has 8 nitrogen and oxygen atoms in total. The molecule has 0 radical (unpaired) electrons. The number of methoxy groups -OCH3 is 1. The summed E-state index contributed by atoms with van der Waals surface area (Å²) in [6.45, 7) is 1.58. The van der Waals surface area contributed by atoms with Gasteiger partial charge in [-0.1, -0.05) is 35.5 Å². The molecule has 0 spiro atoms. The number of ether oxygens (including phenoxy) is 2. The van der Waals surface area contributed by atoms with E-state index in [1.165, 1.54) is 25.4 Å². The van der Waals surface area contributed by atoms with Crippen LogP contribution in [0.4, 0.5) is 13.2 Å². The summed E-state index contributed by atoms with van der Waals surface area (Å²) in [5.74, 6) is -0.416. The molecule has 0 saturated heterocycles. The van der Waals surface area contributed by atoms with Crippen molar-refractivity contribution in [1.29, 1.82) is 0 Å². The molecular formula is C22H17F3N4O4. The molecule has 170 valence electrons. The average Bonchev–Trinajstić information content (AvgIpc) is 3.45. The van der Waals surface area contributed by atoms with Crippen molar-refractivity contribution >= 4 is 5.97 Å². The molecule has 0 aliphatic carbocycles. The van der Waals surface area contributed by atoms with E-state index in [1.807, 2.05) is 31.2 Å². The smallest absolute Gasteiger partial charge is 0.416 e. The number of aromatic nitrogens is 4. The number of nitrogens with zero attached hydrogens (tertiary/aromatic N) is 4. The molecule has 0 fully saturated rings. The summed E-state index contributed by atoms with van der Waals surface area (Å²) in [4.78, 5) is 16.8. The van der Waals surface area contributed by atoms with Crippen LogP contribution in [-0.2, 0) is 17.5 Å². The van der Waals surface area contributed by atoms with Gasteiger partial charge in [-0.3, -0.25) is 0 Å². The Morgan fingerprint density at radius 3 is 2.67 bits per heavy atom. The third-order valence-corrected chi connectivity index (χ3v) is 4.71. The number of hydrogen-bond acceptors (Lipinski definition) is 7. The number of esters is 1. The maximum absolute atomic E-state index is 13.0. The minimum atomic E-state index is -4.52. The van der Waals surface area contributed by atoms with Gasteiger partial charge in [0.25, 0.3) is 5.89 Å². The first-order chi connectivity index (χ1) is 15.8. The van der Waals surface area contributed by atoms with Gasteiger partial charge in [-0.25, -0.2) is 9.48 Å². The fraction of sp³-hybridized carbons (Fsp3) is 0.182. The van der Waals surface area contributed by atoms with Gasteiger partial charge in [0.05, 0.1) is 24.6 Å². The van der Waals surface area contributed by atoms with Crippen LogP contribution in [0.1, 0.15) is 27.5 Å². The van der Waals surface area contributed by atoms with Gasteiger partial charge in [-0.2, -0.15) is 23.3 Å². The first-order valence-electron chi connectivity index (χ1n) is 9.63. The molecule has 2 aromatic heterocycles. The largest absolute Gasteiger partial charge is 0.493 e. The van der Waals surface area contributed by atoms with Crippen LogP contribution in [0.2, 0.25) is 0 Å². The fourth-order valence-corrected chi connectivity index (χ4v) is 3.05. The number of carbonyl (C=O) groups is 1. The summed E-state index contributed by atoms with van der Waals surface area (Å²) < 4.78 is 55.6. The number of benzene rings is 2. The van der Waals surface area contributed by atoms with Crippen molar-refractivity contribution in [3.63, 3.8) is 0 Å². The summed E-state index contributed by atoms with van der Waals surface area (Å²) in [7, 11) is 1.30. The van der Waals surface area contributed by atoms with E-state index in [4.69, 9.17) is 14.0 Å². The van der Waals surface area contributed by atoms with E-state index in [0.717, 1.165) is 27.9 Å². The first-order valence-corrected chi connectivity index (χ1v) is 9.63. The monoisotopic (exact) mass is 458 g/mol. The predicted octanol–water partition coefficient (Wildman–Crippen LogP) is 4.62. The SMILES string of the molecule is COc1cn(-c2cccc(C(F)(F)F)c2)nc1C(=O)OCc1nc(-c2ccccc2C)no1. The second kappa shape index (κ2) is 8.77. The molecule has 4 aromatic rings. The molecule has 2 aromatic carbocycles. The van der Waals surface area contributed by atoms with Crippen molar-refractivity contribution in [3.05, 3.63) is 77.4 Å². The first kappa shape index (κ1) is 22.1. The standard InChI is InChI=1S/C22H17F3N4O4/c1-13-6-3-4-9-16(13)20-26-18(33-28-20)12-32-21(30)19-17(31-2)11-29(27-19)15-8-5-7-14(10-15)22(23,24)25/h3-11H,12H2,1-2H3. The fourth-order valence-electron chi connectivity index (χ4n) is 3.05. The van der Waals surface area contributed by atoms with Crippen molar-refractivity contribution in [1.82, 2.24) is 19.9 Å². The van der Waals surface area contributed by atoms with Crippen molar-refractivity contribution in [2.45, 2.75) is 19.7 Å². The van der Waals surface area contributed by atoms with Crippen molar-refractivity contribution < 1.29 is 32.0 Å². The van der Waals surface area contributed by atoms with E-state index in [0.29, 0.717) is 5.82 Å². The molecule has 11 heteroatoms. The van der Waals surface area contributed by atoms with Crippen LogP contribution < -0.4 is 4.74 Å². The highest BCUT2D eigenvalue weighted by molar-refractivity contribution is 5.90. The van der Waals surface area contributed by atoms with E-state index < -0.39 is 17.7 Å². The Kier molecular flexibility index (Phi) is 5.86. The maximum atomic E-state index is 13.0. The maximum Gasteiger partial charge on any atom is 0.416 e. The molecule has 0 saturated carbocycles. The number of halogens is 3. The van der Waals surface area contributed by atoms with Gasteiger partial charge in [-0.05, 0) is 30.7 Å². The molecule has 0 amide bonds. The van der Waals surface area contributed by atoms with Gasteiger partial charge >= 0.3 is 12.1 Å². The lowest BCUT2D eigenvalue weighted by atomic mass is 10.1. The Balaban J connectivity index is 1.51. The summed E-state index contributed by atoms with van der Waals surface area (Å²) in [6.07, 6.45) is -3.23. The minimum absolute atomic E-state index is 0.0311. The van der Waals surface area contributed by atoms with Crippen LogP contribution in [-0.4, -0.2) is 33.0 Å². The van der Waals surface area contributed by atoms with E-state index in [-0.39, 0.29) is 29.6 Å². The van der Waals surface area contributed by atoms with E-state index in [1.54, 1.807) is 0 Å². The Bertz CT molecular complexity index is 1300. The average molecular weight is 458 g/mol. The van der Waals surface area contributed by atoms with Gasteiger partial charge in [0.1, 0.15) is 0 Å². The Hall–Kier alpha value is -4.15. The molecule has 0 unspecified atom stereocenters. The zero-order valence-electron chi connectivity index (χ0n) is 17.5. The molecular weight excluding hydrogens is 441 g/mol. The van der Waals surface area contributed by atoms with Crippen LogP contribution in [0, 0.1) is 6.92 Å². The zero-order valence-corrected chi connectivity index (χ0v) is 17.5. The molecule has 0 N–H and O–H groups in total. The van der Waals surface area contributed by atoms with Crippen molar-refractivity contribution in [2.75, 3.05) is 7.11 Å². The zero-order chi connectivity index (χ0) is 23.6.